The quantitative estimate of drug-likeness (QED) is 0.420. The molecular formula is C22H23BrN2OS. The Hall–Kier alpha value is -1.64. The first-order chi connectivity index (χ1) is 13.0. The van der Waals surface area contributed by atoms with Gasteiger partial charge in [0.25, 0.3) is 0 Å². The lowest BCUT2D eigenvalue weighted by atomic mass is 9.88. The third-order valence-electron chi connectivity index (χ3n) is 4.77. The molecule has 0 N–H and O–H groups in total. The summed E-state index contributed by atoms with van der Waals surface area (Å²) in [7, 11) is 0. The van der Waals surface area contributed by atoms with Crippen molar-refractivity contribution < 1.29 is 4.79 Å². The highest BCUT2D eigenvalue weighted by molar-refractivity contribution is 9.10. The summed E-state index contributed by atoms with van der Waals surface area (Å²) >= 11 is 4.87. The second kappa shape index (κ2) is 9.03. The summed E-state index contributed by atoms with van der Waals surface area (Å²) in [6, 6.07) is 9.89. The summed E-state index contributed by atoms with van der Waals surface area (Å²) in [6.45, 7) is 4.31. The molecule has 0 spiro atoms. The first-order valence-electron chi connectivity index (χ1n) is 9.36. The van der Waals surface area contributed by atoms with Gasteiger partial charge in [0.2, 0.25) is 0 Å². The standard InChI is InChI=1S/C22H23BrN2OS/c1-14(2)11-18-19(12-24)17-5-3-4-6-20(17)25-22(18)27-13-21(26)15-7-9-16(23)10-8-15/h7-10,14H,3-6,11,13H2,1-2H3. The summed E-state index contributed by atoms with van der Waals surface area (Å²) in [5.74, 6) is 0.853. The van der Waals surface area contributed by atoms with Gasteiger partial charge in [0.15, 0.2) is 5.78 Å². The summed E-state index contributed by atoms with van der Waals surface area (Å²) < 4.78 is 0.959. The van der Waals surface area contributed by atoms with E-state index < -0.39 is 0 Å². The maximum Gasteiger partial charge on any atom is 0.173 e. The van der Waals surface area contributed by atoms with Gasteiger partial charge in [0, 0.05) is 21.3 Å². The lowest BCUT2D eigenvalue weighted by molar-refractivity contribution is 0.102. The van der Waals surface area contributed by atoms with Gasteiger partial charge < -0.3 is 0 Å². The number of rotatable bonds is 6. The van der Waals surface area contributed by atoms with Crippen LogP contribution in [0.2, 0.25) is 0 Å². The number of benzene rings is 1. The molecule has 140 valence electrons. The van der Waals surface area contributed by atoms with Crippen LogP contribution < -0.4 is 0 Å². The molecule has 0 saturated carbocycles. The highest BCUT2D eigenvalue weighted by Gasteiger charge is 2.23. The lowest BCUT2D eigenvalue weighted by Gasteiger charge is -2.21. The van der Waals surface area contributed by atoms with Crippen LogP contribution in [0, 0.1) is 17.2 Å². The molecule has 0 bridgehead atoms. The third-order valence-corrected chi connectivity index (χ3v) is 6.31. The Kier molecular flexibility index (Phi) is 6.73. The molecule has 0 unspecified atom stereocenters. The van der Waals surface area contributed by atoms with Gasteiger partial charge in [-0.3, -0.25) is 4.79 Å². The molecule has 0 fully saturated rings. The van der Waals surface area contributed by atoms with Crippen molar-refractivity contribution in [2.45, 2.75) is 51.0 Å². The van der Waals surface area contributed by atoms with E-state index in [1.54, 1.807) is 0 Å². The van der Waals surface area contributed by atoms with E-state index in [9.17, 15) is 10.1 Å². The monoisotopic (exact) mass is 442 g/mol. The van der Waals surface area contributed by atoms with Crippen molar-refractivity contribution in [1.82, 2.24) is 4.98 Å². The van der Waals surface area contributed by atoms with E-state index >= 15 is 0 Å². The molecule has 1 heterocycles. The lowest BCUT2D eigenvalue weighted by Crippen LogP contribution is -2.14. The van der Waals surface area contributed by atoms with Crippen molar-refractivity contribution >= 4 is 33.5 Å². The fraction of sp³-hybridized carbons (Fsp3) is 0.409. The molecule has 5 heteroatoms. The predicted octanol–water partition coefficient (Wildman–Crippen LogP) is 5.77. The molecule has 2 aromatic rings. The summed E-state index contributed by atoms with van der Waals surface area (Å²) in [5, 5.41) is 10.7. The Morgan fingerprint density at radius 1 is 1.26 bits per heavy atom. The van der Waals surface area contributed by atoms with Crippen molar-refractivity contribution in [2.24, 2.45) is 5.92 Å². The minimum atomic E-state index is 0.0843. The molecule has 1 aliphatic carbocycles. The fourth-order valence-electron chi connectivity index (χ4n) is 3.47. The van der Waals surface area contributed by atoms with Crippen molar-refractivity contribution in [3.8, 4) is 6.07 Å². The van der Waals surface area contributed by atoms with Crippen LogP contribution in [0.15, 0.2) is 33.8 Å². The number of ketones is 1. The molecule has 0 saturated heterocycles. The van der Waals surface area contributed by atoms with Gasteiger partial charge in [0.05, 0.1) is 17.4 Å². The molecule has 3 nitrogen and oxygen atoms in total. The number of pyridine rings is 1. The predicted molar refractivity (Wildman–Crippen MR) is 113 cm³/mol. The number of nitriles is 1. The number of aromatic nitrogens is 1. The van der Waals surface area contributed by atoms with Crippen LogP contribution in [0.3, 0.4) is 0 Å². The topological polar surface area (TPSA) is 53.8 Å². The molecule has 0 aliphatic heterocycles. The van der Waals surface area contributed by atoms with Crippen LogP contribution >= 0.6 is 27.7 Å². The normalized spacial score (nSPS) is 13.3. The molecule has 1 aliphatic rings. The second-order valence-corrected chi connectivity index (χ2v) is 9.21. The van der Waals surface area contributed by atoms with E-state index in [2.05, 4.69) is 35.8 Å². The first-order valence-corrected chi connectivity index (χ1v) is 11.1. The number of carbonyl (C=O) groups excluding carboxylic acids is 1. The van der Waals surface area contributed by atoms with Crippen LogP contribution in [0.1, 0.15) is 59.4 Å². The zero-order valence-corrected chi connectivity index (χ0v) is 18.1. The minimum absolute atomic E-state index is 0.0843. The Morgan fingerprint density at radius 2 is 1.96 bits per heavy atom. The average molecular weight is 443 g/mol. The number of hydrogen-bond acceptors (Lipinski definition) is 4. The van der Waals surface area contributed by atoms with Gasteiger partial charge >= 0.3 is 0 Å². The van der Waals surface area contributed by atoms with Crippen LogP contribution in [0.5, 0.6) is 0 Å². The average Bonchev–Trinajstić information content (AvgIpc) is 2.66. The van der Waals surface area contributed by atoms with Crippen LogP contribution in [0.4, 0.5) is 0 Å². The van der Waals surface area contributed by atoms with Crippen molar-refractivity contribution in [3.05, 3.63) is 56.7 Å². The zero-order chi connectivity index (χ0) is 19.4. The van der Waals surface area contributed by atoms with Crippen LogP contribution in [-0.2, 0) is 19.3 Å². The Balaban J connectivity index is 1.90. The zero-order valence-electron chi connectivity index (χ0n) is 15.7. The Bertz CT molecular complexity index is 885. The van der Waals surface area contributed by atoms with E-state index in [4.69, 9.17) is 4.98 Å². The summed E-state index contributed by atoms with van der Waals surface area (Å²) in [6.07, 6.45) is 4.94. The maximum absolute atomic E-state index is 12.6. The largest absolute Gasteiger partial charge is 0.293 e. The molecule has 0 radical (unpaired) electrons. The second-order valence-electron chi connectivity index (χ2n) is 7.33. The number of halogens is 1. The third kappa shape index (κ3) is 4.80. The Labute approximate surface area is 173 Å². The number of aryl methyl sites for hydroxylation is 1. The smallest absolute Gasteiger partial charge is 0.173 e. The number of hydrogen-bond donors (Lipinski definition) is 0. The molecular weight excluding hydrogens is 420 g/mol. The van der Waals surface area contributed by atoms with Crippen LogP contribution in [-0.4, -0.2) is 16.5 Å². The molecule has 1 aromatic heterocycles. The van der Waals surface area contributed by atoms with E-state index in [1.807, 2.05) is 24.3 Å². The number of thioether (sulfide) groups is 1. The van der Waals surface area contributed by atoms with E-state index in [-0.39, 0.29) is 5.78 Å². The van der Waals surface area contributed by atoms with Gasteiger partial charge in [-0.25, -0.2) is 4.98 Å². The number of carbonyl (C=O) groups is 1. The molecule has 3 rings (SSSR count). The Morgan fingerprint density at radius 3 is 2.63 bits per heavy atom. The van der Waals surface area contributed by atoms with E-state index in [0.29, 0.717) is 17.2 Å². The SMILES string of the molecule is CC(C)Cc1c(SCC(=O)c2ccc(Br)cc2)nc2c(c1C#N)CCCC2. The fourth-order valence-corrected chi connectivity index (χ4v) is 4.70. The van der Waals surface area contributed by atoms with Gasteiger partial charge in [-0.05, 0) is 55.7 Å². The number of nitrogens with zero attached hydrogens (tertiary/aromatic N) is 2. The highest BCUT2D eigenvalue weighted by Crippen LogP contribution is 2.33. The highest BCUT2D eigenvalue weighted by atomic mass is 79.9. The van der Waals surface area contributed by atoms with Gasteiger partial charge in [-0.2, -0.15) is 5.26 Å². The van der Waals surface area contributed by atoms with Crippen molar-refractivity contribution in [3.63, 3.8) is 0 Å². The van der Waals surface area contributed by atoms with Gasteiger partial charge in [-0.1, -0.05) is 53.7 Å². The summed E-state index contributed by atoms with van der Waals surface area (Å²) in [5.41, 5.74) is 4.75. The van der Waals surface area contributed by atoms with E-state index in [1.165, 1.54) is 11.8 Å². The van der Waals surface area contributed by atoms with Crippen LogP contribution in [0.25, 0.3) is 0 Å². The van der Waals surface area contributed by atoms with Gasteiger partial charge in [0.1, 0.15) is 5.03 Å². The van der Waals surface area contributed by atoms with E-state index in [0.717, 1.165) is 64.0 Å². The number of Topliss-reactive ketones (excluding diaryl/α,β-unsaturated/α-hetero) is 1. The molecule has 1 aromatic carbocycles. The van der Waals surface area contributed by atoms with Gasteiger partial charge in [-0.15, -0.1) is 0 Å². The first kappa shape index (κ1) is 20.1. The van der Waals surface area contributed by atoms with Crippen molar-refractivity contribution in [1.29, 1.82) is 5.26 Å². The molecule has 0 atom stereocenters. The van der Waals surface area contributed by atoms with Crippen molar-refractivity contribution in [2.75, 3.05) is 5.75 Å². The minimum Gasteiger partial charge on any atom is -0.293 e. The molecule has 0 amide bonds. The molecule has 27 heavy (non-hydrogen) atoms. The summed E-state index contributed by atoms with van der Waals surface area (Å²) in [4.78, 5) is 17.5. The maximum atomic E-state index is 12.6. The number of fused-ring (bicyclic) bond motifs is 1.